The summed E-state index contributed by atoms with van der Waals surface area (Å²) in [6.45, 7) is 5.60. The van der Waals surface area contributed by atoms with E-state index in [0.717, 1.165) is 13.1 Å². The summed E-state index contributed by atoms with van der Waals surface area (Å²) in [6.07, 6.45) is 2.60. The van der Waals surface area contributed by atoms with Crippen molar-refractivity contribution < 1.29 is 0 Å². The fourth-order valence-electron chi connectivity index (χ4n) is 2.82. The van der Waals surface area contributed by atoms with Crippen LogP contribution in [0.2, 0.25) is 0 Å². The molecule has 1 atom stereocenters. The van der Waals surface area contributed by atoms with Gasteiger partial charge in [-0.1, -0.05) is 6.92 Å². The second-order valence-corrected chi connectivity index (χ2v) is 5.93. The molecule has 0 aliphatic carbocycles. The van der Waals surface area contributed by atoms with Gasteiger partial charge in [-0.25, -0.2) is 0 Å². The third-order valence-electron chi connectivity index (χ3n) is 3.72. The van der Waals surface area contributed by atoms with Gasteiger partial charge in [0.05, 0.1) is 0 Å². The van der Waals surface area contributed by atoms with E-state index in [1.807, 2.05) is 11.3 Å². The SMILES string of the molecule is CCNC1CCCN(c2ccc3sccc3c2)C1. The van der Waals surface area contributed by atoms with E-state index in [0.29, 0.717) is 6.04 Å². The average molecular weight is 260 g/mol. The van der Waals surface area contributed by atoms with Crippen molar-refractivity contribution in [3.63, 3.8) is 0 Å². The van der Waals surface area contributed by atoms with E-state index in [-0.39, 0.29) is 0 Å². The molecule has 0 spiro atoms. The van der Waals surface area contributed by atoms with Gasteiger partial charge in [-0.2, -0.15) is 0 Å². The molecule has 1 unspecified atom stereocenters. The molecule has 2 heterocycles. The Balaban J connectivity index is 1.80. The lowest BCUT2D eigenvalue weighted by atomic mass is 10.0. The number of benzene rings is 1. The highest BCUT2D eigenvalue weighted by Gasteiger charge is 2.19. The molecule has 0 radical (unpaired) electrons. The summed E-state index contributed by atoms with van der Waals surface area (Å²) in [7, 11) is 0. The van der Waals surface area contributed by atoms with E-state index in [4.69, 9.17) is 0 Å². The Labute approximate surface area is 113 Å². The monoisotopic (exact) mass is 260 g/mol. The molecule has 1 fully saturated rings. The predicted molar refractivity (Wildman–Crippen MR) is 80.7 cm³/mol. The van der Waals surface area contributed by atoms with Crippen molar-refractivity contribution in [3.8, 4) is 0 Å². The summed E-state index contributed by atoms with van der Waals surface area (Å²) in [5, 5.41) is 7.13. The molecule has 2 nitrogen and oxygen atoms in total. The molecule has 0 bridgehead atoms. The zero-order valence-corrected chi connectivity index (χ0v) is 11.7. The Morgan fingerprint density at radius 1 is 1.39 bits per heavy atom. The molecule has 0 amide bonds. The van der Waals surface area contributed by atoms with Crippen LogP contribution in [0.4, 0.5) is 5.69 Å². The van der Waals surface area contributed by atoms with Crippen LogP contribution in [0, 0.1) is 0 Å². The highest BCUT2D eigenvalue weighted by atomic mass is 32.1. The number of hydrogen-bond donors (Lipinski definition) is 1. The molecular formula is C15H20N2S. The minimum atomic E-state index is 0.655. The Kier molecular flexibility index (Phi) is 3.52. The number of rotatable bonds is 3. The molecular weight excluding hydrogens is 240 g/mol. The first-order chi connectivity index (χ1) is 8.86. The van der Waals surface area contributed by atoms with Crippen molar-refractivity contribution >= 4 is 27.1 Å². The molecule has 3 rings (SSSR count). The van der Waals surface area contributed by atoms with E-state index >= 15 is 0 Å². The van der Waals surface area contributed by atoms with Crippen molar-refractivity contribution in [1.82, 2.24) is 5.32 Å². The van der Waals surface area contributed by atoms with Gasteiger partial charge in [-0.15, -0.1) is 11.3 Å². The lowest BCUT2D eigenvalue weighted by Gasteiger charge is -2.34. The van der Waals surface area contributed by atoms with Crippen LogP contribution in [-0.4, -0.2) is 25.7 Å². The molecule has 1 N–H and O–H groups in total. The standard InChI is InChI=1S/C15H20N2S/c1-2-16-13-4-3-8-17(11-13)14-5-6-15-12(10-14)7-9-18-15/h5-7,9-10,13,16H,2-4,8,11H2,1H3. The molecule has 1 saturated heterocycles. The number of nitrogens with one attached hydrogen (secondary N) is 1. The van der Waals surface area contributed by atoms with Gasteiger partial charge in [-0.3, -0.25) is 0 Å². The Morgan fingerprint density at radius 3 is 3.22 bits per heavy atom. The Hall–Kier alpha value is -1.06. The molecule has 0 saturated carbocycles. The molecule has 3 heteroatoms. The van der Waals surface area contributed by atoms with Gasteiger partial charge in [0, 0.05) is 29.5 Å². The highest BCUT2D eigenvalue weighted by molar-refractivity contribution is 7.17. The molecule has 1 aromatic heterocycles. The predicted octanol–water partition coefficient (Wildman–Crippen LogP) is 3.48. The number of likely N-dealkylation sites (N-methyl/N-ethyl adjacent to an activating group) is 1. The lowest BCUT2D eigenvalue weighted by molar-refractivity contribution is 0.431. The van der Waals surface area contributed by atoms with Crippen LogP contribution >= 0.6 is 11.3 Å². The van der Waals surface area contributed by atoms with E-state index in [2.05, 4.69) is 46.8 Å². The van der Waals surface area contributed by atoms with E-state index in [1.54, 1.807) is 0 Å². The summed E-state index contributed by atoms with van der Waals surface area (Å²) in [5.41, 5.74) is 1.38. The van der Waals surface area contributed by atoms with Gasteiger partial charge in [-0.05, 0) is 54.4 Å². The molecule has 96 valence electrons. The van der Waals surface area contributed by atoms with Crippen LogP contribution in [0.25, 0.3) is 10.1 Å². The number of anilines is 1. The van der Waals surface area contributed by atoms with Gasteiger partial charge >= 0.3 is 0 Å². The van der Waals surface area contributed by atoms with Crippen LogP contribution in [0.15, 0.2) is 29.6 Å². The Bertz CT molecular complexity index is 518. The second-order valence-electron chi connectivity index (χ2n) is 4.99. The zero-order chi connectivity index (χ0) is 12.4. The summed E-state index contributed by atoms with van der Waals surface area (Å²) in [4.78, 5) is 2.52. The zero-order valence-electron chi connectivity index (χ0n) is 10.9. The fraction of sp³-hybridized carbons (Fsp3) is 0.467. The fourth-order valence-corrected chi connectivity index (χ4v) is 3.59. The maximum Gasteiger partial charge on any atom is 0.0373 e. The number of nitrogens with zero attached hydrogens (tertiary/aromatic N) is 1. The topological polar surface area (TPSA) is 15.3 Å². The van der Waals surface area contributed by atoms with Crippen LogP contribution in [-0.2, 0) is 0 Å². The highest BCUT2D eigenvalue weighted by Crippen LogP contribution is 2.27. The number of fused-ring (bicyclic) bond motifs is 1. The van der Waals surface area contributed by atoms with Crippen molar-refractivity contribution in [1.29, 1.82) is 0 Å². The maximum atomic E-state index is 3.58. The average Bonchev–Trinajstić information content (AvgIpc) is 2.86. The van der Waals surface area contributed by atoms with Crippen LogP contribution in [0.3, 0.4) is 0 Å². The summed E-state index contributed by atoms with van der Waals surface area (Å²) < 4.78 is 1.39. The largest absolute Gasteiger partial charge is 0.370 e. The molecule has 1 aliphatic rings. The van der Waals surface area contributed by atoms with Crippen LogP contribution in [0.5, 0.6) is 0 Å². The van der Waals surface area contributed by atoms with E-state index < -0.39 is 0 Å². The van der Waals surface area contributed by atoms with Gasteiger partial charge in [0.2, 0.25) is 0 Å². The summed E-state index contributed by atoms with van der Waals surface area (Å²) in [6, 6.07) is 9.73. The van der Waals surface area contributed by atoms with Crippen molar-refractivity contribution in [2.45, 2.75) is 25.8 Å². The first-order valence-electron chi connectivity index (χ1n) is 6.82. The first-order valence-corrected chi connectivity index (χ1v) is 7.70. The van der Waals surface area contributed by atoms with Gasteiger partial charge in [0.25, 0.3) is 0 Å². The van der Waals surface area contributed by atoms with Gasteiger partial charge in [0.15, 0.2) is 0 Å². The third kappa shape index (κ3) is 2.38. The quantitative estimate of drug-likeness (QED) is 0.909. The summed E-state index contributed by atoms with van der Waals surface area (Å²) in [5.74, 6) is 0. The number of thiophene rings is 1. The summed E-state index contributed by atoms with van der Waals surface area (Å²) >= 11 is 1.82. The minimum absolute atomic E-state index is 0.655. The van der Waals surface area contributed by atoms with Crippen molar-refractivity contribution in [2.75, 3.05) is 24.5 Å². The van der Waals surface area contributed by atoms with E-state index in [9.17, 15) is 0 Å². The maximum absolute atomic E-state index is 3.58. The van der Waals surface area contributed by atoms with Crippen molar-refractivity contribution in [3.05, 3.63) is 29.6 Å². The molecule has 18 heavy (non-hydrogen) atoms. The van der Waals surface area contributed by atoms with Gasteiger partial charge < -0.3 is 10.2 Å². The van der Waals surface area contributed by atoms with Crippen LogP contribution in [0.1, 0.15) is 19.8 Å². The van der Waals surface area contributed by atoms with Crippen LogP contribution < -0.4 is 10.2 Å². The molecule has 2 aromatic rings. The van der Waals surface area contributed by atoms with Gasteiger partial charge in [0.1, 0.15) is 0 Å². The number of hydrogen-bond acceptors (Lipinski definition) is 3. The smallest absolute Gasteiger partial charge is 0.0373 e. The normalized spacial score (nSPS) is 20.5. The minimum Gasteiger partial charge on any atom is -0.370 e. The second kappa shape index (κ2) is 5.29. The molecule has 1 aromatic carbocycles. The van der Waals surface area contributed by atoms with Crippen molar-refractivity contribution in [2.24, 2.45) is 0 Å². The number of piperidine rings is 1. The lowest BCUT2D eigenvalue weighted by Crippen LogP contribution is -2.45. The molecule has 1 aliphatic heterocycles. The first kappa shape index (κ1) is 12.0. The Morgan fingerprint density at radius 2 is 2.33 bits per heavy atom. The third-order valence-corrected chi connectivity index (χ3v) is 4.61. The van der Waals surface area contributed by atoms with E-state index in [1.165, 1.54) is 35.2 Å².